The molecule has 1 unspecified atom stereocenters. The number of nitrogens with one attached hydrogen (secondary N) is 1. The van der Waals surface area contributed by atoms with E-state index in [9.17, 15) is 15.0 Å². The first-order chi connectivity index (χ1) is 17.5. The van der Waals surface area contributed by atoms with Crippen LogP contribution in [0.5, 0.6) is 17.2 Å². The molecule has 0 bridgehead atoms. The summed E-state index contributed by atoms with van der Waals surface area (Å²) in [6.07, 6.45) is 0. The Labute approximate surface area is 212 Å². The Bertz CT molecular complexity index is 1410. The van der Waals surface area contributed by atoms with E-state index in [2.05, 4.69) is 10.2 Å². The first kappa shape index (κ1) is 23.7. The minimum Gasteiger partial charge on any atom is -0.507 e. The van der Waals surface area contributed by atoms with Crippen LogP contribution in [0.2, 0.25) is 5.02 Å². The summed E-state index contributed by atoms with van der Waals surface area (Å²) in [6, 6.07) is 19.3. The second kappa shape index (κ2) is 9.93. The summed E-state index contributed by atoms with van der Waals surface area (Å²) in [5.41, 5.74) is 3.46. The number of hydrogen-bond acceptors (Lipinski definition) is 6. The summed E-state index contributed by atoms with van der Waals surface area (Å²) >= 11 is 6.19. The van der Waals surface area contributed by atoms with Crippen LogP contribution in [0.4, 0.5) is 0 Å². The van der Waals surface area contributed by atoms with Crippen molar-refractivity contribution >= 4 is 17.5 Å². The van der Waals surface area contributed by atoms with Crippen molar-refractivity contribution in [2.45, 2.75) is 12.6 Å². The third kappa shape index (κ3) is 4.25. The normalized spacial score (nSPS) is 14.7. The quantitative estimate of drug-likeness (QED) is 0.324. The van der Waals surface area contributed by atoms with Gasteiger partial charge in [-0.05, 0) is 41.5 Å². The lowest BCUT2D eigenvalue weighted by atomic mass is 9.95. The Balaban J connectivity index is 1.56. The largest absolute Gasteiger partial charge is 0.507 e. The third-order valence-corrected chi connectivity index (χ3v) is 6.39. The van der Waals surface area contributed by atoms with Gasteiger partial charge in [0, 0.05) is 22.7 Å². The summed E-state index contributed by atoms with van der Waals surface area (Å²) in [5.74, 6) is 0.752. The number of rotatable bonds is 8. The number of hydrogen-bond donors (Lipinski definition) is 3. The standard InChI is InChI=1S/C27H24ClN3O5/c1-35-22-13-17(7-10-21(22)36-15-16-5-3-2-4-6-16)26-23-24(19-14-18(28)8-9-20(19)33)29-30-25(23)27(34)31(26)11-12-32/h2-10,13-14,26,32-33H,11-12,15H2,1H3,(H,29,30). The molecule has 0 aliphatic carbocycles. The molecule has 2 heterocycles. The average Bonchev–Trinajstić information content (AvgIpc) is 3.44. The van der Waals surface area contributed by atoms with Gasteiger partial charge in [-0.3, -0.25) is 9.89 Å². The molecule has 5 rings (SSSR count). The van der Waals surface area contributed by atoms with Gasteiger partial charge in [0.15, 0.2) is 11.5 Å². The highest BCUT2D eigenvalue weighted by molar-refractivity contribution is 6.31. The molecule has 9 heteroatoms. The third-order valence-electron chi connectivity index (χ3n) is 6.16. The molecule has 36 heavy (non-hydrogen) atoms. The molecule has 184 valence electrons. The van der Waals surface area contributed by atoms with E-state index in [1.807, 2.05) is 42.5 Å². The van der Waals surface area contributed by atoms with Gasteiger partial charge in [0.25, 0.3) is 5.91 Å². The number of nitrogens with zero attached hydrogens (tertiary/aromatic N) is 2. The van der Waals surface area contributed by atoms with E-state index in [4.69, 9.17) is 21.1 Å². The molecule has 1 amide bonds. The molecule has 0 saturated heterocycles. The number of carbonyl (C=O) groups excluding carboxylic acids is 1. The van der Waals surface area contributed by atoms with Gasteiger partial charge in [-0.25, -0.2) is 0 Å². The van der Waals surface area contributed by atoms with Crippen LogP contribution in [0, 0.1) is 0 Å². The molecule has 1 aliphatic heterocycles. The van der Waals surface area contributed by atoms with Crippen LogP contribution in [-0.2, 0) is 6.61 Å². The second-order valence-corrected chi connectivity index (χ2v) is 8.77. The van der Waals surface area contributed by atoms with Crippen LogP contribution < -0.4 is 9.47 Å². The van der Waals surface area contributed by atoms with Crippen LogP contribution in [0.1, 0.15) is 33.2 Å². The van der Waals surface area contributed by atoms with Crippen molar-refractivity contribution < 1.29 is 24.5 Å². The fraction of sp³-hybridized carbons (Fsp3) is 0.185. The summed E-state index contributed by atoms with van der Waals surface area (Å²) < 4.78 is 11.6. The number of β-amino-alcohol motifs (C(OH)–C–C–N with tert-alkyl or cyclic N) is 1. The lowest BCUT2D eigenvalue weighted by molar-refractivity contribution is 0.0706. The van der Waals surface area contributed by atoms with E-state index in [-0.39, 0.29) is 24.8 Å². The van der Waals surface area contributed by atoms with Gasteiger partial charge in [0.2, 0.25) is 0 Å². The molecule has 1 atom stereocenters. The number of methoxy groups -OCH3 is 1. The highest BCUT2D eigenvalue weighted by Crippen LogP contribution is 2.46. The number of aromatic nitrogens is 2. The van der Waals surface area contributed by atoms with Gasteiger partial charge in [-0.2, -0.15) is 5.10 Å². The number of aromatic amines is 1. The highest BCUT2D eigenvalue weighted by Gasteiger charge is 2.42. The molecule has 0 fully saturated rings. The van der Waals surface area contributed by atoms with E-state index in [0.717, 1.165) is 11.1 Å². The Morgan fingerprint density at radius 2 is 1.89 bits per heavy atom. The summed E-state index contributed by atoms with van der Waals surface area (Å²) in [6.45, 7) is 0.272. The van der Waals surface area contributed by atoms with Crippen LogP contribution in [0.15, 0.2) is 66.7 Å². The van der Waals surface area contributed by atoms with Crippen LogP contribution in [0.25, 0.3) is 11.3 Å². The van der Waals surface area contributed by atoms with E-state index < -0.39 is 6.04 Å². The van der Waals surface area contributed by atoms with E-state index in [1.54, 1.807) is 30.2 Å². The second-order valence-electron chi connectivity index (χ2n) is 8.33. The Hall–Kier alpha value is -4.01. The maximum atomic E-state index is 13.2. The molecule has 3 N–H and O–H groups in total. The van der Waals surface area contributed by atoms with Gasteiger partial charge in [-0.15, -0.1) is 0 Å². The molecule has 4 aromatic rings. The van der Waals surface area contributed by atoms with E-state index >= 15 is 0 Å². The van der Waals surface area contributed by atoms with Crippen LogP contribution in [0.3, 0.4) is 0 Å². The topological polar surface area (TPSA) is 108 Å². The zero-order valence-electron chi connectivity index (χ0n) is 19.4. The number of halogens is 1. The molecule has 0 radical (unpaired) electrons. The molecular weight excluding hydrogens is 482 g/mol. The fourth-order valence-electron chi connectivity index (χ4n) is 4.49. The zero-order chi connectivity index (χ0) is 25.2. The Morgan fingerprint density at radius 3 is 2.64 bits per heavy atom. The summed E-state index contributed by atoms with van der Waals surface area (Å²) in [5, 5.41) is 27.8. The predicted molar refractivity (Wildman–Crippen MR) is 134 cm³/mol. The van der Waals surface area contributed by atoms with Crippen molar-refractivity contribution in [3.63, 3.8) is 0 Å². The van der Waals surface area contributed by atoms with Crippen molar-refractivity contribution in [3.8, 4) is 28.5 Å². The number of phenols is 1. The number of phenolic OH excluding ortho intramolecular Hbond substituents is 1. The number of fused-ring (bicyclic) bond motifs is 1. The lowest BCUT2D eigenvalue weighted by Gasteiger charge is -2.26. The molecule has 1 aliphatic rings. The molecule has 1 aromatic heterocycles. The molecule has 0 spiro atoms. The number of benzene rings is 3. The molecule has 0 saturated carbocycles. The van der Waals surface area contributed by atoms with Gasteiger partial charge in [0.1, 0.15) is 23.7 Å². The number of aliphatic hydroxyl groups is 1. The van der Waals surface area contributed by atoms with Crippen molar-refractivity contribution in [3.05, 3.63) is 94.1 Å². The Kier molecular flexibility index (Phi) is 6.54. The molecular formula is C27H24ClN3O5. The fourth-order valence-corrected chi connectivity index (χ4v) is 4.67. The van der Waals surface area contributed by atoms with Gasteiger partial charge >= 0.3 is 0 Å². The first-order valence-electron chi connectivity index (χ1n) is 11.4. The minimum absolute atomic E-state index is 0.0113. The van der Waals surface area contributed by atoms with Gasteiger partial charge in [0.05, 0.1) is 19.8 Å². The lowest BCUT2D eigenvalue weighted by Crippen LogP contribution is -2.32. The maximum absolute atomic E-state index is 13.2. The van der Waals surface area contributed by atoms with Crippen molar-refractivity contribution in [2.75, 3.05) is 20.3 Å². The monoisotopic (exact) mass is 505 g/mol. The smallest absolute Gasteiger partial charge is 0.273 e. The van der Waals surface area contributed by atoms with Crippen LogP contribution in [-0.4, -0.2) is 51.5 Å². The molecule has 8 nitrogen and oxygen atoms in total. The van der Waals surface area contributed by atoms with Crippen molar-refractivity contribution in [1.82, 2.24) is 15.1 Å². The van der Waals surface area contributed by atoms with Gasteiger partial charge in [-0.1, -0.05) is 48.0 Å². The summed E-state index contributed by atoms with van der Waals surface area (Å²) in [4.78, 5) is 14.8. The Morgan fingerprint density at radius 1 is 1.08 bits per heavy atom. The number of carbonyl (C=O) groups is 1. The van der Waals surface area contributed by atoms with Crippen LogP contribution >= 0.6 is 11.6 Å². The number of ether oxygens (including phenoxy) is 2. The number of amides is 1. The van der Waals surface area contributed by atoms with Gasteiger partial charge < -0.3 is 24.6 Å². The van der Waals surface area contributed by atoms with E-state index in [0.29, 0.717) is 45.6 Å². The van der Waals surface area contributed by atoms with E-state index in [1.165, 1.54) is 6.07 Å². The SMILES string of the molecule is COc1cc(C2c3c(-c4cc(Cl)ccc4O)n[nH]c3C(=O)N2CCO)ccc1OCc1ccccc1. The van der Waals surface area contributed by atoms with Crippen molar-refractivity contribution in [1.29, 1.82) is 0 Å². The highest BCUT2D eigenvalue weighted by atomic mass is 35.5. The average molecular weight is 506 g/mol. The van der Waals surface area contributed by atoms with Crippen molar-refractivity contribution in [2.24, 2.45) is 0 Å². The summed E-state index contributed by atoms with van der Waals surface area (Å²) in [7, 11) is 1.55. The minimum atomic E-state index is -0.580. The molecule has 3 aromatic carbocycles. The maximum Gasteiger partial charge on any atom is 0.273 e. The first-order valence-corrected chi connectivity index (χ1v) is 11.7. The number of aromatic hydroxyl groups is 1. The number of H-pyrrole nitrogens is 1. The number of aliphatic hydroxyl groups excluding tert-OH is 1. The predicted octanol–water partition coefficient (Wildman–Crippen LogP) is 4.56. The zero-order valence-corrected chi connectivity index (χ0v) is 20.2.